The van der Waals surface area contributed by atoms with Crippen molar-refractivity contribution >= 4 is 17.3 Å². The molecule has 4 rings (SSSR count). The minimum atomic E-state index is -0.410. The number of aromatic nitrogens is 5. The topological polar surface area (TPSA) is 82.8 Å². The Morgan fingerprint density at radius 2 is 1.97 bits per heavy atom. The normalized spacial score (nSPS) is 11.0. The Balaban J connectivity index is 1.46. The van der Waals surface area contributed by atoms with Crippen molar-refractivity contribution in [2.45, 2.75) is 40.7 Å². The molecule has 0 bridgehead atoms. The molecule has 0 aliphatic carbocycles. The largest absolute Gasteiger partial charge is 0.455 e. The van der Waals surface area contributed by atoms with Crippen LogP contribution < -0.4 is 0 Å². The van der Waals surface area contributed by atoms with E-state index < -0.39 is 5.97 Å². The number of thiazole rings is 1. The minimum Gasteiger partial charge on any atom is -0.455 e. The van der Waals surface area contributed by atoms with Gasteiger partial charge in [-0.3, -0.25) is 4.98 Å². The Labute approximate surface area is 184 Å². The summed E-state index contributed by atoms with van der Waals surface area (Å²) in [5, 5.41) is 9.08. The molecule has 0 aliphatic rings. The molecular formula is C23H23N5O2S. The average molecular weight is 434 g/mol. The molecule has 3 aromatic heterocycles. The molecule has 0 saturated carbocycles. The summed E-state index contributed by atoms with van der Waals surface area (Å²) in [5.74, 6) is -0.410. The fourth-order valence-electron chi connectivity index (χ4n) is 3.26. The van der Waals surface area contributed by atoms with Gasteiger partial charge in [0.15, 0.2) is 0 Å². The quantitative estimate of drug-likeness (QED) is 0.412. The number of hydrogen-bond acceptors (Lipinski definition) is 7. The summed E-state index contributed by atoms with van der Waals surface area (Å²) >= 11 is 1.33. The highest BCUT2D eigenvalue weighted by Gasteiger charge is 2.18. The smallest absolute Gasteiger partial charge is 0.350 e. The molecule has 0 saturated heterocycles. The van der Waals surface area contributed by atoms with Crippen molar-refractivity contribution in [1.29, 1.82) is 0 Å². The number of pyridine rings is 1. The highest BCUT2D eigenvalue weighted by molar-refractivity contribution is 7.17. The number of nitrogens with zero attached hydrogens (tertiary/aromatic N) is 5. The predicted molar refractivity (Wildman–Crippen MR) is 119 cm³/mol. The summed E-state index contributed by atoms with van der Waals surface area (Å²) in [4.78, 5) is 22.0. The van der Waals surface area contributed by atoms with Gasteiger partial charge < -0.3 is 4.74 Å². The van der Waals surface area contributed by atoms with Crippen molar-refractivity contribution in [1.82, 2.24) is 25.0 Å². The summed E-state index contributed by atoms with van der Waals surface area (Å²) in [6, 6.07) is 10.0. The van der Waals surface area contributed by atoms with E-state index in [4.69, 9.17) is 4.74 Å². The van der Waals surface area contributed by atoms with Crippen LogP contribution in [0.4, 0.5) is 0 Å². The second-order valence-corrected chi connectivity index (χ2v) is 8.34. The lowest BCUT2D eigenvalue weighted by atomic mass is 10.1. The Hall–Kier alpha value is -3.39. The van der Waals surface area contributed by atoms with Crippen LogP contribution in [0.1, 0.15) is 44.8 Å². The van der Waals surface area contributed by atoms with E-state index in [1.165, 1.54) is 16.9 Å². The van der Waals surface area contributed by atoms with Gasteiger partial charge in [-0.1, -0.05) is 29.8 Å². The molecule has 0 spiro atoms. The Kier molecular flexibility index (Phi) is 5.90. The fraction of sp³-hybridized carbons (Fsp3) is 0.261. The molecule has 3 heterocycles. The third-order valence-electron chi connectivity index (χ3n) is 4.90. The first kappa shape index (κ1) is 20.9. The number of hydrogen-bond donors (Lipinski definition) is 0. The van der Waals surface area contributed by atoms with Gasteiger partial charge in [-0.15, -0.1) is 16.4 Å². The highest BCUT2D eigenvalue weighted by Crippen LogP contribution is 2.29. The lowest BCUT2D eigenvalue weighted by molar-refractivity contribution is 0.0472. The van der Waals surface area contributed by atoms with Crippen LogP contribution in [0.15, 0.2) is 42.7 Å². The van der Waals surface area contributed by atoms with E-state index in [0.717, 1.165) is 33.9 Å². The number of carbonyl (C=O) groups excluding carboxylic acids is 1. The molecule has 4 aromatic rings. The van der Waals surface area contributed by atoms with Crippen LogP contribution in [0, 0.1) is 20.8 Å². The molecule has 0 aliphatic heterocycles. The maximum Gasteiger partial charge on any atom is 0.350 e. The summed E-state index contributed by atoms with van der Waals surface area (Å²) in [5.41, 5.74) is 6.41. The maximum absolute atomic E-state index is 12.7. The molecule has 8 heteroatoms. The van der Waals surface area contributed by atoms with Gasteiger partial charge in [0.1, 0.15) is 22.2 Å². The van der Waals surface area contributed by atoms with Crippen LogP contribution in [-0.2, 0) is 17.8 Å². The average Bonchev–Trinajstić information content (AvgIpc) is 3.39. The Bertz CT molecular complexity index is 1240. The van der Waals surface area contributed by atoms with Crippen LogP contribution in [0.3, 0.4) is 0 Å². The third-order valence-corrected chi connectivity index (χ3v) is 6.09. The number of aryl methyl sites for hydroxylation is 4. The van der Waals surface area contributed by atoms with Gasteiger partial charge in [-0.05, 0) is 51.0 Å². The zero-order valence-electron chi connectivity index (χ0n) is 17.9. The SMILES string of the molecule is CCc1cc(-c2nc(C)c(C(=O)OCc3cn(-c4ccc(C)cc4C)nn3)s2)ccn1. The van der Waals surface area contributed by atoms with E-state index in [2.05, 4.69) is 33.3 Å². The molecule has 0 amide bonds. The zero-order chi connectivity index (χ0) is 22.0. The van der Waals surface area contributed by atoms with Gasteiger partial charge >= 0.3 is 5.97 Å². The van der Waals surface area contributed by atoms with Crippen molar-refractivity contribution in [2.24, 2.45) is 0 Å². The summed E-state index contributed by atoms with van der Waals surface area (Å²) in [6.45, 7) is 7.99. The van der Waals surface area contributed by atoms with E-state index in [9.17, 15) is 4.79 Å². The van der Waals surface area contributed by atoms with E-state index in [0.29, 0.717) is 16.3 Å². The molecule has 0 radical (unpaired) electrons. The minimum absolute atomic E-state index is 0.0473. The number of benzene rings is 1. The first-order chi connectivity index (χ1) is 14.9. The van der Waals surface area contributed by atoms with E-state index >= 15 is 0 Å². The number of ether oxygens (including phenoxy) is 1. The Morgan fingerprint density at radius 3 is 2.74 bits per heavy atom. The number of rotatable bonds is 6. The van der Waals surface area contributed by atoms with Gasteiger partial charge in [0.2, 0.25) is 0 Å². The lowest BCUT2D eigenvalue weighted by Crippen LogP contribution is -2.05. The van der Waals surface area contributed by atoms with Crippen molar-refractivity contribution in [2.75, 3.05) is 0 Å². The number of carbonyl (C=O) groups is 1. The van der Waals surface area contributed by atoms with Crippen LogP contribution in [0.5, 0.6) is 0 Å². The van der Waals surface area contributed by atoms with Crippen LogP contribution in [0.2, 0.25) is 0 Å². The molecule has 158 valence electrons. The fourth-order valence-corrected chi connectivity index (χ4v) is 4.22. The van der Waals surface area contributed by atoms with Gasteiger partial charge in [-0.2, -0.15) is 0 Å². The van der Waals surface area contributed by atoms with Crippen molar-refractivity contribution in [3.8, 4) is 16.3 Å². The summed E-state index contributed by atoms with van der Waals surface area (Å²) in [6.07, 6.45) is 4.39. The van der Waals surface area contributed by atoms with Gasteiger partial charge in [0, 0.05) is 17.5 Å². The first-order valence-electron chi connectivity index (χ1n) is 10.0. The van der Waals surface area contributed by atoms with E-state index in [1.54, 1.807) is 17.1 Å². The molecule has 31 heavy (non-hydrogen) atoms. The van der Waals surface area contributed by atoms with Crippen LogP contribution >= 0.6 is 11.3 Å². The summed E-state index contributed by atoms with van der Waals surface area (Å²) in [7, 11) is 0. The van der Waals surface area contributed by atoms with Gasteiger partial charge in [0.25, 0.3) is 0 Å². The van der Waals surface area contributed by atoms with Crippen molar-refractivity contribution in [3.05, 3.63) is 75.8 Å². The van der Waals surface area contributed by atoms with Gasteiger partial charge in [-0.25, -0.2) is 14.5 Å². The third kappa shape index (κ3) is 4.54. The standard InChI is InChI=1S/C23H23N5O2S/c1-5-18-11-17(8-9-24-18)22-25-16(4)21(31-22)23(29)30-13-19-12-28(27-26-19)20-7-6-14(2)10-15(20)3/h6-12H,5,13H2,1-4H3. The van der Waals surface area contributed by atoms with E-state index in [1.807, 2.05) is 45.0 Å². The van der Waals surface area contributed by atoms with E-state index in [-0.39, 0.29) is 6.61 Å². The van der Waals surface area contributed by atoms with Crippen molar-refractivity contribution < 1.29 is 9.53 Å². The zero-order valence-corrected chi connectivity index (χ0v) is 18.7. The summed E-state index contributed by atoms with van der Waals surface area (Å²) < 4.78 is 7.19. The lowest BCUT2D eigenvalue weighted by Gasteiger charge is -2.05. The monoisotopic (exact) mass is 433 g/mol. The van der Waals surface area contributed by atoms with Crippen molar-refractivity contribution in [3.63, 3.8) is 0 Å². The second kappa shape index (κ2) is 8.77. The molecule has 1 aromatic carbocycles. The molecular weight excluding hydrogens is 410 g/mol. The molecule has 7 nitrogen and oxygen atoms in total. The molecule has 0 N–H and O–H groups in total. The Morgan fingerprint density at radius 1 is 1.13 bits per heavy atom. The number of esters is 1. The van der Waals surface area contributed by atoms with Gasteiger partial charge in [0.05, 0.1) is 17.6 Å². The van der Waals surface area contributed by atoms with Crippen LogP contribution in [-0.4, -0.2) is 30.9 Å². The maximum atomic E-state index is 12.7. The van der Waals surface area contributed by atoms with Crippen LogP contribution in [0.25, 0.3) is 16.3 Å². The molecule has 0 atom stereocenters. The highest BCUT2D eigenvalue weighted by atomic mass is 32.1. The predicted octanol–water partition coefficient (Wildman–Crippen LogP) is 4.63. The second-order valence-electron chi connectivity index (χ2n) is 7.34. The molecule has 0 fully saturated rings. The first-order valence-corrected chi connectivity index (χ1v) is 10.8. The molecule has 0 unspecified atom stereocenters.